The minimum absolute atomic E-state index is 0.174. The second kappa shape index (κ2) is 10.3. The number of hydrogen-bond donors (Lipinski definition) is 0. The molecular weight excluding hydrogens is 507 g/mol. The highest BCUT2D eigenvalue weighted by molar-refractivity contribution is 5.93. The zero-order valence-corrected chi connectivity index (χ0v) is 20.9. The summed E-state index contributed by atoms with van der Waals surface area (Å²) in [6, 6.07) is 29.7. The van der Waals surface area contributed by atoms with E-state index >= 15 is 13.2 Å². The molecule has 0 radical (unpaired) electrons. The molecule has 0 N–H and O–H groups in total. The average Bonchev–Trinajstić information content (AvgIpc) is 3.32. The number of carbonyl (C=O) groups is 2. The van der Waals surface area contributed by atoms with Gasteiger partial charge in [-0.25, -0.2) is 9.59 Å². The molecule has 1 atom stereocenters. The van der Waals surface area contributed by atoms with E-state index < -0.39 is 30.3 Å². The number of esters is 1. The number of amides is 1. The quantitative estimate of drug-likeness (QED) is 0.258. The van der Waals surface area contributed by atoms with Crippen LogP contribution in [0.5, 0.6) is 0 Å². The number of hydrogen-bond acceptors (Lipinski definition) is 4. The highest BCUT2D eigenvalue weighted by Crippen LogP contribution is 2.53. The standard InChI is InChI=1S/C31H24F3NO4/c1-38-28(36)30(31(32,33)34)27-18-26(23-15-9-4-10-16-23)25(22-13-7-3-8-14-22)17-24(27)19-35(30)29(37)39-20-21-11-5-2-6-12-21/h2-18H,19-20H2,1H3. The third-order valence-corrected chi connectivity index (χ3v) is 6.85. The van der Waals surface area contributed by atoms with Gasteiger partial charge >= 0.3 is 18.2 Å². The summed E-state index contributed by atoms with van der Waals surface area (Å²) in [4.78, 5) is 26.8. The molecule has 1 unspecified atom stereocenters. The molecule has 0 aliphatic carbocycles. The fraction of sp³-hybridized carbons (Fsp3) is 0.161. The fourth-order valence-corrected chi connectivity index (χ4v) is 5.05. The first-order valence-corrected chi connectivity index (χ1v) is 12.2. The van der Waals surface area contributed by atoms with Crippen LogP contribution in [-0.4, -0.2) is 30.2 Å². The molecule has 0 fully saturated rings. The van der Waals surface area contributed by atoms with Crippen LogP contribution in [0.4, 0.5) is 18.0 Å². The minimum Gasteiger partial charge on any atom is -0.467 e. The van der Waals surface area contributed by atoms with Crippen LogP contribution in [0.1, 0.15) is 16.7 Å². The van der Waals surface area contributed by atoms with Crippen molar-refractivity contribution in [1.29, 1.82) is 0 Å². The van der Waals surface area contributed by atoms with Gasteiger partial charge in [-0.15, -0.1) is 0 Å². The van der Waals surface area contributed by atoms with E-state index in [1.807, 2.05) is 30.3 Å². The van der Waals surface area contributed by atoms with Gasteiger partial charge in [-0.1, -0.05) is 91.0 Å². The maximum Gasteiger partial charge on any atom is 0.427 e. The normalized spacial score (nSPS) is 16.5. The second-order valence-corrected chi connectivity index (χ2v) is 9.11. The fourth-order valence-electron chi connectivity index (χ4n) is 5.05. The lowest BCUT2D eigenvalue weighted by atomic mass is 9.83. The van der Waals surface area contributed by atoms with Crippen molar-refractivity contribution in [3.8, 4) is 22.3 Å². The van der Waals surface area contributed by atoms with Crippen LogP contribution >= 0.6 is 0 Å². The molecule has 5 nitrogen and oxygen atoms in total. The Labute approximate surface area is 223 Å². The highest BCUT2D eigenvalue weighted by atomic mass is 19.4. The Balaban J connectivity index is 1.70. The number of carbonyl (C=O) groups excluding carboxylic acids is 2. The molecule has 0 spiro atoms. The van der Waals surface area contributed by atoms with Crippen LogP contribution in [0.3, 0.4) is 0 Å². The lowest BCUT2D eigenvalue weighted by molar-refractivity contribution is -0.236. The molecule has 198 valence electrons. The van der Waals surface area contributed by atoms with Gasteiger partial charge in [-0.3, -0.25) is 4.90 Å². The Morgan fingerprint density at radius 2 is 1.33 bits per heavy atom. The minimum atomic E-state index is -5.21. The van der Waals surface area contributed by atoms with Gasteiger partial charge in [0.1, 0.15) is 6.61 Å². The Kier molecular flexibility index (Phi) is 6.87. The topological polar surface area (TPSA) is 55.8 Å². The molecule has 39 heavy (non-hydrogen) atoms. The summed E-state index contributed by atoms with van der Waals surface area (Å²) >= 11 is 0. The summed E-state index contributed by atoms with van der Waals surface area (Å²) in [5.41, 5.74) is -0.395. The summed E-state index contributed by atoms with van der Waals surface area (Å²) in [5, 5.41) is 0. The number of fused-ring (bicyclic) bond motifs is 1. The third kappa shape index (κ3) is 4.52. The van der Waals surface area contributed by atoms with Crippen molar-refractivity contribution in [3.63, 3.8) is 0 Å². The van der Waals surface area contributed by atoms with Crippen molar-refractivity contribution in [2.24, 2.45) is 0 Å². The van der Waals surface area contributed by atoms with E-state index in [-0.39, 0.29) is 17.7 Å². The Bertz CT molecular complexity index is 1490. The molecule has 1 aliphatic rings. The predicted molar refractivity (Wildman–Crippen MR) is 139 cm³/mol. The molecular formula is C31H24F3NO4. The number of methoxy groups -OCH3 is 1. The van der Waals surface area contributed by atoms with Crippen LogP contribution in [0.25, 0.3) is 22.3 Å². The van der Waals surface area contributed by atoms with Crippen molar-refractivity contribution in [2.75, 3.05) is 7.11 Å². The van der Waals surface area contributed by atoms with Crippen LogP contribution in [0, 0.1) is 0 Å². The number of nitrogens with zero attached hydrogens (tertiary/aromatic N) is 1. The highest BCUT2D eigenvalue weighted by Gasteiger charge is 2.71. The molecule has 5 rings (SSSR count). The van der Waals surface area contributed by atoms with Crippen molar-refractivity contribution < 1.29 is 32.2 Å². The Morgan fingerprint density at radius 1 is 0.821 bits per heavy atom. The van der Waals surface area contributed by atoms with Crippen molar-refractivity contribution in [2.45, 2.75) is 24.9 Å². The number of ether oxygens (including phenoxy) is 2. The average molecular weight is 532 g/mol. The van der Waals surface area contributed by atoms with Gasteiger partial charge in [0.05, 0.1) is 13.7 Å². The van der Waals surface area contributed by atoms with E-state index in [1.165, 1.54) is 6.07 Å². The van der Waals surface area contributed by atoms with Crippen LogP contribution in [0.15, 0.2) is 103 Å². The number of rotatable bonds is 5. The number of halogens is 3. The van der Waals surface area contributed by atoms with Crippen molar-refractivity contribution in [1.82, 2.24) is 4.90 Å². The summed E-state index contributed by atoms with van der Waals surface area (Å²) in [7, 11) is 0.873. The van der Waals surface area contributed by atoms with Gasteiger partial charge < -0.3 is 9.47 Å². The van der Waals surface area contributed by atoms with Crippen molar-refractivity contribution in [3.05, 3.63) is 120 Å². The van der Waals surface area contributed by atoms with Gasteiger partial charge in [0.2, 0.25) is 0 Å². The number of alkyl halides is 3. The lowest BCUT2D eigenvalue weighted by Crippen LogP contribution is -2.60. The van der Waals surface area contributed by atoms with Gasteiger partial charge in [0, 0.05) is 5.56 Å². The summed E-state index contributed by atoms with van der Waals surface area (Å²) in [6.45, 7) is -0.751. The maximum atomic E-state index is 15.1. The van der Waals surface area contributed by atoms with E-state index in [2.05, 4.69) is 0 Å². The summed E-state index contributed by atoms with van der Waals surface area (Å²) in [6.07, 6.45) is -6.49. The largest absolute Gasteiger partial charge is 0.467 e. The summed E-state index contributed by atoms with van der Waals surface area (Å²) < 4.78 is 55.4. The smallest absolute Gasteiger partial charge is 0.427 e. The molecule has 8 heteroatoms. The molecule has 1 aliphatic heterocycles. The first kappa shape index (κ1) is 26.0. The van der Waals surface area contributed by atoms with Crippen LogP contribution in [0.2, 0.25) is 0 Å². The molecule has 1 heterocycles. The molecule has 0 bridgehead atoms. The third-order valence-electron chi connectivity index (χ3n) is 6.85. The Hall–Kier alpha value is -4.59. The molecule has 4 aromatic carbocycles. The molecule has 1 amide bonds. The monoisotopic (exact) mass is 531 g/mol. The zero-order valence-electron chi connectivity index (χ0n) is 20.9. The van der Waals surface area contributed by atoms with E-state index in [0.29, 0.717) is 27.2 Å². The van der Waals surface area contributed by atoms with Crippen LogP contribution < -0.4 is 0 Å². The van der Waals surface area contributed by atoms with Crippen molar-refractivity contribution >= 4 is 12.1 Å². The maximum absolute atomic E-state index is 15.1. The lowest BCUT2D eigenvalue weighted by Gasteiger charge is -2.37. The van der Waals surface area contributed by atoms with E-state index in [9.17, 15) is 9.59 Å². The second-order valence-electron chi connectivity index (χ2n) is 9.11. The molecule has 0 saturated carbocycles. The first-order chi connectivity index (χ1) is 18.8. The molecule has 0 saturated heterocycles. The van der Waals surface area contributed by atoms with Gasteiger partial charge in [0.25, 0.3) is 5.54 Å². The SMILES string of the molecule is COC(=O)C1(C(F)(F)F)c2cc(-c3ccccc3)c(-c3ccccc3)cc2CN1C(=O)OCc1ccccc1. The van der Waals surface area contributed by atoms with E-state index in [1.54, 1.807) is 66.7 Å². The van der Waals surface area contributed by atoms with E-state index in [0.717, 1.165) is 12.7 Å². The zero-order chi connectivity index (χ0) is 27.6. The van der Waals surface area contributed by atoms with Gasteiger partial charge in [-0.2, -0.15) is 13.2 Å². The van der Waals surface area contributed by atoms with Crippen LogP contribution in [-0.2, 0) is 33.0 Å². The Morgan fingerprint density at radius 3 is 1.85 bits per heavy atom. The van der Waals surface area contributed by atoms with Gasteiger partial charge in [-0.05, 0) is 45.5 Å². The molecule has 4 aromatic rings. The summed E-state index contributed by atoms with van der Waals surface area (Å²) in [5.74, 6) is -1.61. The first-order valence-electron chi connectivity index (χ1n) is 12.2. The molecule has 0 aromatic heterocycles. The predicted octanol–water partition coefficient (Wildman–Crippen LogP) is 7.10. The van der Waals surface area contributed by atoms with E-state index in [4.69, 9.17) is 9.47 Å². The number of benzene rings is 4. The van der Waals surface area contributed by atoms with Gasteiger partial charge in [0.15, 0.2) is 0 Å².